The largest absolute Gasteiger partial charge is 0.383 e. The first-order valence-electron chi connectivity index (χ1n) is 11.5. The summed E-state index contributed by atoms with van der Waals surface area (Å²) < 4.78 is 29.2. The number of anilines is 2. The molecule has 2 aromatic rings. The molecule has 10 nitrogen and oxygen atoms in total. The lowest BCUT2D eigenvalue weighted by atomic mass is 9.94. The molecule has 2 heterocycles. The lowest BCUT2D eigenvalue weighted by molar-refractivity contribution is 0.0992. The van der Waals surface area contributed by atoms with E-state index < -0.39 is 27.2 Å². The van der Waals surface area contributed by atoms with Crippen molar-refractivity contribution >= 4 is 27.4 Å². The van der Waals surface area contributed by atoms with Gasteiger partial charge in [-0.1, -0.05) is 33.3 Å². The second kappa shape index (κ2) is 10.1. The number of nitrogens with zero attached hydrogens (tertiary/aromatic N) is 3. The van der Waals surface area contributed by atoms with Crippen LogP contribution >= 0.6 is 0 Å². The maximum atomic E-state index is 13.3. The number of piperidine rings is 1. The Morgan fingerprint density at radius 2 is 1.85 bits per heavy atom. The van der Waals surface area contributed by atoms with Gasteiger partial charge in [0.05, 0.1) is 4.90 Å². The van der Waals surface area contributed by atoms with Crippen LogP contribution in [0, 0.1) is 11.8 Å². The van der Waals surface area contributed by atoms with Crippen molar-refractivity contribution in [1.29, 1.82) is 0 Å². The molecule has 1 fully saturated rings. The molecule has 186 valence electrons. The third-order valence-electron chi connectivity index (χ3n) is 6.14. The van der Waals surface area contributed by atoms with Crippen molar-refractivity contribution in [2.45, 2.75) is 51.5 Å². The number of amides is 1. The number of aromatic amines is 1. The Labute approximate surface area is 199 Å². The van der Waals surface area contributed by atoms with Gasteiger partial charge in [0.15, 0.2) is 5.69 Å². The summed E-state index contributed by atoms with van der Waals surface area (Å²) in [4.78, 5) is 41.2. The van der Waals surface area contributed by atoms with Crippen molar-refractivity contribution in [3.63, 3.8) is 0 Å². The minimum Gasteiger partial charge on any atom is -0.383 e. The lowest BCUT2D eigenvalue weighted by Gasteiger charge is -2.34. The molecule has 0 radical (unpaired) electrons. The van der Waals surface area contributed by atoms with Crippen LogP contribution in [0.4, 0.5) is 11.5 Å². The zero-order valence-electron chi connectivity index (χ0n) is 20.1. The number of carbonyl (C=O) groups excluding carboxylic acids is 1. The molecule has 1 amide bonds. The summed E-state index contributed by atoms with van der Waals surface area (Å²) in [7, 11) is -2.42. The van der Waals surface area contributed by atoms with Crippen molar-refractivity contribution < 1.29 is 13.2 Å². The number of nitrogens with two attached hydrogens (primary N) is 1. The molecule has 34 heavy (non-hydrogen) atoms. The fourth-order valence-corrected chi connectivity index (χ4v) is 6.20. The van der Waals surface area contributed by atoms with E-state index in [1.807, 2.05) is 20.8 Å². The van der Waals surface area contributed by atoms with E-state index in [2.05, 4.69) is 4.98 Å². The van der Waals surface area contributed by atoms with Gasteiger partial charge in [0.1, 0.15) is 5.82 Å². The standard InChI is InChI=1S/C23H33N5O5S/c1-5-6-10-28-20(24)19(21(29)25-23(28)31)26(4)22(30)17-8-7-9-18(12-17)34(32,33)27-13-15(2)11-16(3)14-27/h7-9,12,15-16H,5-6,10-11,13-14,24H2,1-4H3,(H,25,29,31). The number of H-pyrrole nitrogens is 1. The van der Waals surface area contributed by atoms with Crippen molar-refractivity contribution in [1.82, 2.24) is 13.9 Å². The summed E-state index contributed by atoms with van der Waals surface area (Å²) in [5.74, 6) is -0.242. The van der Waals surface area contributed by atoms with Crippen molar-refractivity contribution in [3.8, 4) is 0 Å². The third-order valence-corrected chi connectivity index (χ3v) is 7.97. The summed E-state index contributed by atoms with van der Waals surface area (Å²) in [6.45, 7) is 7.15. The molecule has 1 aromatic heterocycles. The summed E-state index contributed by atoms with van der Waals surface area (Å²) >= 11 is 0. The predicted molar refractivity (Wildman–Crippen MR) is 132 cm³/mol. The van der Waals surface area contributed by atoms with E-state index in [0.717, 1.165) is 17.7 Å². The smallest absolute Gasteiger partial charge is 0.330 e. The van der Waals surface area contributed by atoms with Gasteiger partial charge < -0.3 is 10.6 Å². The van der Waals surface area contributed by atoms with Gasteiger partial charge >= 0.3 is 5.69 Å². The number of aromatic nitrogens is 2. The van der Waals surface area contributed by atoms with Crippen LogP contribution in [0.1, 0.15) is 50.4 Å². The SMILES string of the molecule is CCCCn1c(N)c(N(C)C(=O)c2cccc(S(=O)(=O)N3CC(C)CC(C)C3)c2)c(=O)[nH]c1=O. The summed E-state index contributed by atoms with van der Waals surface area (Å²) in [5, 5.41) is 0. The molecule has 2 unspecified atom stereocenters. The first-order chi connectivity index (χ1) is 16.0. The molecule has 0 spiro atoms. The molecular weight excluding hydrogens is 458 g/mol. The maximum absolute atomic E-state index is 13.3. The quantitative estimate of drug-likeness (QED) is 0.606. The van der Waals surface area contributed by atoms with Crippen molar-refractivity contribution in [2.75, 3.05) is 30.8 Å². The van der Waals surface area contributed by atoms with Gasteiger partial charge in [0, 0.05) is 32.2 Å². The number of hydrogen-bond donors (Lipinski definition) is 2. The molecule has 1 saturated heterocycles. The van der Waals surface area contributed by atoms with E-state index in [-0.39, 0.29) is 33.8 Å². The molecule has 11 heteroatoms. The van der Waals surface area contributed by atoms with Gasteiger partial charge in [0.2, 0.25) is 10.0 Å². The summed E-state index contributed by atoms with van der Waals surface area (Å²) in [5.41, 5.74) is 4.62. The highest BCUT2D eigenvalue weighted by Crippen LogP contribution is 2.27. The number of hydrogen-bond acceptors (Lipinski definition) is 6. The highest BCUT2D eigenvalue weighted by molar-refractivity contribution is 7.89. The molecule has 0 saturated carbocycles. The molecular formula is C23H33N5O5S. The molecule has 0 aliphatic carbocycles. The Balaban J connectivity index is 1.96. The number of carbonyl (C=O) groups is 1. The van der Waals surface area contributed by atoms with E-state index in [4.69, 9.17) is 5.73 Å². The van der Waals surface area contributed by atoms with Gasteiger partial charge in [0.25, 0.3) is 11.5 Å². The van der Waals surface area contributed by atoms with Crippen LogP contribution in [-0.2, 0) is 16.6 Å². The summed E-state index contributed by atoms with van der Waals surface area (Å²) in [6, 6.07) is 5.76. The normalized spacial score (nSPS) is 19.2. The van der Waals surface area contributed by atoms with Crippen LogP contribution in [0.2, 0.25) is 0 Å². The van der Waals surface area contributed by atoms with Crippen LogP contribution in [0.15, 0.2) is 38.8 Å². The topological polar surface area (TPSA) is 139 Å². The van der Waals surface area contributed by atoms with Crippen LogP contribution < -0.4 is 21.9 Å². The first-order valence-corrected chi connectivity index (χ1v) is 12.9. The fraction of sp³-hybridized carbons (Fsp3) is 0.522. The second-order valence-corrected chi connectivity index (χ2v) is 11.1. The van der Waals surface area contributed by atoms with Gasteiger partial charge in [-0.2, -0.15) is 4.31 Å². The highest BCUT2D eigenvalue weighted by atomic mass is 32.2. The summed E-state index contributed by atoms with van der Waals surface area (Å²) in [6.07, 6.45) is 2.44. The van der Waals surface area contributed by atoms with Gasteiger partial charge in [-0.3, -0.25) is 19.1 Å². The van der Waals surface area contributed by atoms with E-state index in [1.54, 1.807) is 0 Å². The molecule has 1 aliphatic heterocycles. The molecule has 0 bridgehead atoms. The van der Waals surface area contributed by atoms with Crippen LogP contribution in [-0.4, -0.2) is 48.3 Å². The number of nitrogen functional groups attached to an aromatic ring is 1. The Morgan fingerprint density at radius 1 is 1.21 bits per heavy atom. The van der Waals surface area contributed by atoms with Crippen molar-refractivity contribution in [3.05, 3.63) is 50.7 Å². The Morgan fingerprint density at radius 3 is 2.47 bits per heavy atom. The highest BCUT2D eigenvalue weighted by Gasteiger charge is 2.32. The number of sulfonamides is 1. The molecule has 3 N–H and O–H groups in total. The maximum Gasteiger partial charge on any atom is 0.330 e. The number of nitrogens with one attached hydrogen (secondary N) is 1. The molecule has 1 aliphatic rings. The van der Waals surface area contributed by atoms with Gasteiger partial charge in [-0.05, 0) is 42.9 Å². The minimum absolute atomic E-state index is 0.0165. The zero-order valence-corrected chi connectivity index (χ0v) is 20.9. The van der Waals surface area contributed by atoms with Gasteiger partial charge in [-0.25, -0.2) is 13.2 Å². The predicted octanol–water partition coefficient (Wildman–Crippen LogP) is 1.86. The first kappa shape index (κ1) is 25.7. The monoisotopic (exact) mass is 491 g/mol. The molecule has 2 atom stereocenters. The average Bonchev–Trinajstić information content (AvgIpc) is 2.77. The van der Waals surface area contributed by atoms with Crippen LogP contribution in [0.25, 0.3) is 0 Å². The second-order valence-electron chi connectivity index (χ2n) is 9.16. The van der Waals surface area contributed by atoms with E-state index in [0.29, 0.717) is 26.1 Å². The van der Waals surface area contributed by atoms with E-state index in [1.165, 1.54) is 40.2 Å². The zero-order chi connectivity index (χ0) is 25.2. The molecule has 1 aromatic carbocycles. The minimum atomic E-state index is -3.79. The lowest BCUT2D eigenvalue weighted by Crippen LogP contribution is -2.42. The average molecular weight is 492 g/mol. The van der Waals surface area contributed by atoms with E-state index >= 15 is 0 Å². The Kier molecular flexibility index (Phi) is 7.67. The van der Waals surface area contributed by atoms with Crippen LogP contribution in [0.3, 0.4) is 0 Å². The fourth-order valence-electron chi connectivity index (χ4n) is 4.48. The van der Waals surface area contributed by atoms with Crippen molar-refractivity contribution in [2.24, 2.45) is 11.8 Å². The molecule has 3 rings (SSSR count). The number of rotatable bonds is 7. The van der Waals surface area contributed by atoms with Crippen LogP contribution in [0.5, 0.6) is 0 Å². The third kappa shape index (κ3) is 5.10. The number of benzene rings is 1. The van der Waals surface area contributed by atoms with Gasteiger partial charge in [-0.15, -0.1) is 0 Å². The Bertz CT molecular complexity index is 1270. The van der Waals surface area contributed by atoms with E-state index in [9.17, 15) is 22.8 Å². The Hall–Kier alpha value is -2.92. The number of unbranched alkanes of at least 4 members (excludes halogenated alkanes) is 1.